The van der Waals surface area contributed by atoms with Crippen molar-refractivity contribution in [3.63, 3.8) is 0 Å². The van der Waals surface area contributed by atoms with Crippen molar-refractivity contribution in [1.29, 1.82) is 0 Å². The van der Waals surface area contributed by atoms with Crippen molar-refractivity contribution in [3.8, 4) is 0 Å². The molecule has 1 amide bonds. The molecule has 176 valence electrons. The number of aromatic nitrogens is 3. The number of nitrogens with zero attached hydrogens (tertiary/aromatic N) is 3. The van der Waals surface area contributed by atoms with Crippen LogP contribution in [-0.2, 0) is 11.2 Å². The van der Waals surface area contributed by atoms with E-state index < -0.39 is 0 Å². The van der Waals surface area contributed by atoms with Crippen LogP contribution in [0.3, 0.4) is 0 Å². The Kier molecular flexibility index (Phi) is 8.83. The molecule has 0 bridgehead atoms. The molecule has 2 aromatic heterocycles. The van der Waals surface area contributed by atoms with Gasteiger partial charge in [0.2, 0.25) is 17.8 Å². The van der Waals surface area contributed by atoms with Crippen LogP contribution in [-0.4, -0.2) is 33.4 Å². The Labute approximate surface area is 200 Å². The number of aryl methyl sites for hydroxylation is 2. The molecule has 0 saturated heterocycles. The summed E-state index contributed by atoms with van der Waals surface area (Å²) in [5.41, 5.74) is 3.86. The number of halogens is 1. The maximum absolute atomic E-state index is 13.0. The summed E-state index contributed by atoms with van der Waals surface area (Å²) in [5, 5.41) is 7.90. The summed E-state index contributed by atoms with van der Waals surface area (Å²) in [6.45, 7) is 8.50. The summed E-state index contributed by atoms with van der Waals surface area (Å²) >= 11 is 6.17. The molecule has 0 fully saturated rings. The third kappa shape index (κ3) is 7.02. The van der Waals surface area contributed by atoms with Crippen LogP contribution >= 0.6 is 11.6 Å². The maximum Gasteiger partial charge on any atom is 0.229 e. The van der Waals surface area contributed by atoms with Crippen LogP contribution in [0.15, 0.2) is 35.5 Å². The number of carbonyl (C=O) groups is 1. The Balaban J connectivity index is 1.79. The Morgan fingerprint density at radius 3 is 2.48 bits per heavy atom. The number of aromatic amines is 1. The topological polar surface area (TPSA) is 95.1 Å². The van der Waals surface area contributed by atoms with E-state index in [2.05, 4.69) is 44.4 Å². The molecule has 33 heavy (non-hydrogen) atoms. The zero-order valence-electron chi connectivity index (χ0n) is 19.8. The summed E-state index contributed by atoms with van der Waals surface area (Å²) in [6, 6.07) is 7.70. The molecule has 3 rings (SSSR count). The highest BCUT2D eigenvalue weighted by Gasteiger charge is 2.19. The zero-order valence-corrected chi connectivity index (χ0v) is 20.6. The van der Waals surface area contributed by atoms with Gasteiger partial charge in [-0.2, -0.15) is 0 Å². The fraction of sp³-hybridized carbons (Fsp3) is 0.440. The first kappa shape index (κ1) is 24.7. The van der Waals surface area contributed by atoms with Gasteiger partial charge in [0.1, 0.15) is 0 Å². The minimum Gasteiger partial charge on any atom is -0.361 e. The maximum atomic E-state index is 13.0. The lowest BCUT2D eigenvalue weighted by atomic mass is 9.97. The Morgan fingerprint density at radius 2 is 1.82 bits per heavy atom. The van der Waals surface area contributed by atoms with Gasteiger partial charge in [-0.05, 0) is 62.9 Å². The predicted molar refractivity (Wildman–Crippen MR) is 136 cm³/mol. The monoisotopic (exact) mass is 468 g/mol. The van der Waals surface area contributed by atoms with E-state index in [1.165, 1.54) is 0 Å². The van der Waals surface area contributed by atoms with Crippen molar-refractivity contribution in [1.82, 2.24) is 20.3 Å². The van der Waals surface area contributed by atoms with Crippen LogP contribution < -0.4 is 10.6 Å². The molecule has 0 unspecified atom stereocenters. The number of amides is 1. The average Bonchev–Trinajstić information content (AvgIpc) is 3.14. The second-order valence-corrected chi connectivity index (χ2v) is 8.78. The SMILES string of the molecule is CCCC(CCC)C(=O)NC(=NCCc1c[nH]c2ccc(Cl)cc12)Nc1nc(C)cc(C)n1. The molecule has 7 nitrogen and oxygen atoms in total. The molecule has 3 aromatic rings. The van der Waals surface area contributed by atoms with Gasteiger partial charge in [-0.15, -0.1) is 0 Å². The molecule has 8 heteroatoms. The van der Waals surface area contributed by atoms with Crippen LogP contribution in [0.2, 0.25) is 5.02 Å². The molecule has 0 aliphatic carbocycles. The summed E-state index contributed by atoms with van der Waals surface area (Å²) in [5.74, 6) is 0.740. The first-order valence-electron chi connectivity index (χ1n) is 11.6. The van der Waals surface area contributed by atoms with Crippen LogP contribution in [0.25, 0.3) is 10.9 Å². The van der Waals surface area contributed by atoms with E-state index in [4.69, 9.17) is 11.6 Å². The first-order valence-corrected chi connectivity index (χ1v) is 12.0. The van der Waals surface area contributed by atoms with Gasteiger partial charge >= 0.3 is 0 Å². The van der Waals surface area contributed by atoms with Crippen molar-refractivity contribution < 1.29 is 4.79 Å². The number of benzene rings is 1. The van der Waals surface area contributed by atoms with Gasteiger partial charge in [-0.25, -0.2) is 9.97 Å². The lowest BCUT2D eigenvalue weighted by Crippen LogP contribution is -2.40. The third-order valence-corrected chi connectivity index (χ3v) is 5.71. The van der Waals surface area contributed by atoms with Crippen molar-refractivity contribution in [2.75, 3.05) is 11.9 Å². The number of guanidine groups is 1. The smallest absolute Gasteiger partial charge is 0.229 e. The van der Waals surface area contributed by atoms with Crippen molar-refractivity contribution >= 4 is 40.3 Å². The number of rotatable bonds is 9. The fourth-order valence-corrected chi connectivity index (χ4v) is 4.14. The van der Waals surface area contributed by atoms with E-state index in [1.54, 1.807) is 0 Å². The van der Waals surface area contributed by atoms with Gasteiger partial charge in [0.05, 0.1) is 0 Å². The van der Waals surface area contributed by atoms with Crippen LogP contribution in [0.1, 0.15) is 56.5 Å². The van der Waals surface area contributed by atoms with E-state index in [1.807, 2.05) is 44.3 Å². The molecule has 0 radical (unpaired) electrons. The van der Waals surface area contributed by atoms with Gasteiger partial charge in [-0.1, -0.05) is 38.3 Å². The van der Waals surface area contributed by atoms with Crippen LogP contribution in [0.5, 0.6) is 0 Å². The standard InChI is InChI=1S/C25H33ClN6O/c1-5-7-18(8-6-2)23(33)31-24(32-25-29-16(3)13-17(4)30-25)27-12-11-19-15-28-22-10-9-20(26)14-21(19)22/h9-10,13-15,18,28H,5-8,11-12H2,1-4H3,(H2,27,29,30,31,32,33). The predicted octanol–water partition coefficient (Wildman–Crippen LogP) is 5.57. The normalized spacial score (nSPS) is 11.9. The lowest BCUT2D eigenvalue weighted by molar-refractivity contribution is -0.124. The second kappa shape index (κ2) is 11.8. The summed E-state index contributed by atoms with van der Waals surface area (Å²) in [4.78, 5) is 29.8. The first-order chi connectivity index (χ1) is 15.9. The Bertz CT molecular complexity index is 1100. The molecular weight excluding hydrogens is 436 g/mol. The number of nitrogens with one attached hydrogen (secondary N) is 3. The minimum absolute atomic E-state index is 0.0202. The van der Waals surface area contributed by atoms with Crippen LogP contribution in [0, 0.1) is 19.8 Å². The molecule has 0 saturated carbocycles. The van der Waals surface area contributed by atoms with E-state index in [9.17, 15) is 4.79 Å². The van der Waals surface area contributed by atoms with Crippen LogP contribution in [0.4, 0.5) is 5.95 Å². The van der Waals surface area contributed by atoms with Crippen molar-refractivity contribution in [3.05, 3.63) is 52.4 Å². The van der Waals surface area contributed by atoms with E-state index >= 15 is 0 Å². The quantitative estimate of drug-likeness (QED) is 0.282. The lowest BCUT2D eigenvalue weighted by Gasteiger charge is -2.17. The summed E-state index contributed by atoms with van der Waals surface area (Å²) in [6.07, 6.45) is 6.30. The van der Waals surface area contributed by atoms with E-state index in [-0.39, 0.29) is 11.8 Å². The highest BCUT2D eigenvalue weighted by atomic mass is 35.5. The van der Waals surface area contributed by atoms with E-state index in [0.29, 0.717) is 29.9 Å². The minimum atomic E-state index is -0.0390. The molecular formula is C25H33ClN6O. The second-order valence-electron chi connectivity index (χ2n) is 8.35. The fourth-order valence-electron chi connectivity index (χ4n) is 3.97. The van der Waals surface area contributed by atoms with Gasteiger partial charge in [0.25, 0.3) is 0 Å². The van der Waals surface area contributed by atoms with Gasteiger partial charge in [-0.3, -0.25) is 20.4 Å². The number of anilines is 1. The third-order valence-electron chi connectivity index (χ3n) is 5.48. The number of aliphatic imine (C=N–C) groups is 1. The number of hydrogen-bond acceptors (Lipinski definition) is 4. The van der Waals surface area contributed by atoms with E-state index in [0.717, 1.165) is 53.5 Å². The highest BCUT2D eigenvalue weighted by Crippen LogP contribution is 2.22. The van der Waals surface area contributed by atoms with Crippen molar-refractivity contribution in [2.24, 2.45) is 10.9 Å². The molecule has 0 spiro atoms. The summed E-state index contributed by atoms with van der Waals surface area (Å²) in [7, 11) is 0. The summed E-state index contributed by atoms with van der Waals surface area (Å²) < 4.78 is 0. The molecule has 0 aliphatic heterocycles. The number of H-pyrrole nitrogens is 1. The Hall–Kier alpha value is -2.93. The molecule has 0 atom stereocenters. The van der Waals surface area contributed by atoms with Crippen molar-refractivity contribution in [2.45, 2.75) is 59.8 Å². The number of hydrogen-bond donors (Lipinski definition) is 3. The zero-order chi connectivity index (χ0) is 23.8. The van der Waals surface area contributed by atoms with Gasteiger partial charge in [0.15, 0.2) is 0 Å². The molecule has 0 aliphatic rings. The largest absolute Gasteiger partial charge is 0.361 e. The van der Waals surface area contributed by atoms with Gasteiger partial charge < -0.3 is 4.98 Å². The number of fused-ring (bicyclic) bond motifs is 1. The highest BCUT2D eigenvalue weighted by molar-refractivity contribution is 6.31. The molecule has 3 N–H and O–H groups in total. The average molecular weight is 469 g/mol. The Morgan fingerprint density at radius 1 is 1.12 bits per heavy atom. The van der Waals surface area contributed by atoms with Gasteiger partial charge in [0, 0.05) is 46.0 Å². The number of carbonyl (C=O) groups excluding carboxylic acids is 1. The molecule has 2 heterocycles. The molecule has 1 aromatic carbocycles.